The Bertz CT molecular complexity index is 879. The van der Waals surface area contributed by atoms with E-state index in [0.29, 0.717) is 5.02 Å². The van der Waals surface area contributed by atoms with E-state index in [-0.39, 0.29) is 36.2 Å². The molecule has 1 aliphatic heterocycles. The average molecular weight is 397 g/mol. The maximum atomic E-state index is 14.3. The molecule has 0 radical (unpaired) electrons. The van der Waals surface area contributed by atoms with Crippen molar-refractivity contribution in [3.63, 3.8) is 0 Å². The molecule has 1 aliphatic rings. The van der Waals surface area contributed by atoms with Gasteiger partial charge in [0.25, 0.3) is 0 Å². The van der Waals surface area contributed by atoms with Crippen LogP contribution in [0.15, 0.2) is 41.5 Å². The van der Waals surface area contributed by atoms with Crippen LogP contribution in [0.25, 0.3) is 0 Å². The number of aliphatic imine (C=N–C) groups is 1. The summed E-state index contributed by atoms with van der Waals surface area (Å²) >= 11 is 5.71. The van der Waals surface area contributed by atoms with E-state index in [0.717, 1.165) is 6.07 Å². The number of nitrogens with zero attached hydrogens (tertiary/aromatic N) is 2. The van der Waals surface area contributed by atoms with Crippen LogP contribution >= 0.6 is 11.6 Å². The zero-order valence-electron chi connectivity index (χ0n) is 13.9. The maximum Gasteiger partial charge on any atom is 0.418 e. The molecule has 0 unspecified atom stereocenters. The van der Waals surface area contributed by atoms with Crippen LogP contribution < -0.4 is 15.8 Å². The number of rotatable bonds is 4. The quantitative estimate of drug-likeness (QED) is 0.827. The second-order valence-corrected chi connectivity index (χ2v) is 6.22. The van der Waals surface area contributed by atoms with Crippen molar-refractivity contribution in [2.24, 2.45) is 10.7 Å². The third-order valence-electron chi connectivity index (χ3n) is 3.78. The summed E-state index contributed by atoms with van der Waals surface area (Å²) in [5, 5.41) is 2.81. The van der Waals surface area contributed by atoms with Gasteiger partial charge in [-0.15, -0.1) is 0 Å². The van der Waals surface area contributed by atoms with Crippen molar-refractivity contribution in [2.75, 3.05) is 25.2 Å². The number of amidine groups is 1. The average Bonchev–Trinajstić information content (AvgIpc) is 2.65. The summed E-state index contributed by atoms with van der Waals surface area (Å²) < 4.78 is 38.3. The van der Waals surface area contributed by atoms with Gasteiger partial charge in [0.2, 0.25) is 5.88 Å². The minimum atomic E-state index is -1.61. The van der Waals surface area contributed by atoms with Gasteiger partial charge in [-0.2, -0.15) is 0 Å². The lowest BCUT2D eigenvalue weighted by atomic mass is 9.91. The first-order valence-corrected chi connectivity index (χ1v) is 8.18. The normalized spacial score (nSPS) is 19.3. The number of aromatic nitrogens is 1. The molecule has 0 spiro atoms. The molecule has 0 bridgehead atoms. The zero-order chi connectivity index (χ0) is 19.4. The molecule has 10 heteroatoms. The van der Waals surface area contributed by atoms with E-state index in [4.69, 9.17) is 26.8 Å². The van der Waals surface area contributed by atoms with Gasteiger partial charge in [-0.05, 0) is 24.3 Å². The summed E-state index contributed by atoms with van der Waals surface area (Å²) in [6.07, 6.45) is 0.455. The number of carbonyl (C=O) groups excluding carboxylic acids is 1. The molecular weight excluding hydrogens is 382 g/mol. The molecular formula is C17H15ClF2N4O3. The van der Waals surface area contributed by atoms with Crippen molar-refractivity contribution < 1.29 is 23.0 Å². The standard InChI is InChI=1S/C17H15ClF2N4O3/c18-10-1-4-15(22-6-10)27-16(25)23-11-2-3-13(20)12(5-11)17(8-19)9-26-7-14(21)24-17/h1-6H,7-9H2,(H2,21,24)(H,23,25)/t17-/m0/s1. The Morgan fingerprint density at radius 1 is 1.41 bits per heavy atom. The molecule has 1 aromatic heterocycles. The van der Waals surface area contributed by atoms with Crippen molar-refractivity contribution in [2.45, 2.75) is 5.54 Å². The number of ether oxygens (including phenoxy) is 2. The van der Waals surface area contributed by atoms with Gasteiger partial charge in [-0.3, -0.25) is 10.3 Å². The van der Waals surface area contributed by atoms with E-state index >= 15 is 0 Å². The first kappa shape index (κ1) is 19.0. The predicted molar refractivity (Wildman–Crippen MR) is 95.4 cm³/mol. The Morgan fingerprint density at radius 2 is 2.22 bits per heavy atom. The number of nitrogens with one attached hydrogen (secondary N) is 1. The third kappa shape index (κ3) is 4.32. The van der Waals surface area contributed by atoms with Gasteiger partial charge in [0.05, 0.1) is 11.6 Å². The molecule has 0 saturated heterocycles. The Kier molecular flexibility index (Phi) is 5.52. The molecule has 2 aromatic rings. The highest BCUT2D eigenvalue weighted by Crippen LogP contribution is 2.33. The fraction of sp³-hybridized carbons (Fsp3) is 0.235. The first-order chi connectivity index (χ1) is 12.9. The smallest absolute Gasteiger partial charge is 0.391 e. The highest BCUT2D eigenvalue weighted by atomic mass is 35.5. The Balaban J connectivity index is 1.81. The fourth-order valence-electron chi connectivity index (χ4n) is 2.56. The van der Waals surface area contributed by atoms with Crippen LogP contribution in [-0.2, 0) is 10.3 Å². The third-order valence-corrected chi connectivity index (χ3v) is 4.00. The second kappa shape index (κ2) is 7.85. The molecule has 27 heavy (non-hydrogen) atoms. The van der Waals surface area contributed by atoms with E-state index in [9.17, 15) is 13.6 Å². The van der Waals surface area contributed by atoms with E-state index < -0.39 is 24.1 Å². The number of amides is 1. The summed E-state index contributed by atoms with van der Waals surface area (Å²) in [7, 11) is 0. The van der Waals surface area contributed by atoms with Crippen molar-refractivity contribution in [3.05, 3.63) is 52.9 Å². The highest BCUT2D eigenvalue weighted by Gasteiger charge is 2.38. The van der Waals surface area contributed by atoms with E-state index in [1.165, 1.54) is 30.5 Å². The van der Waals surface area contributed by atoms with Crippen LogP contribution in [-0.4, -0.2) is 36.8 Å². The fourth-order valence-corrected chi connectivity index (χ4v) is 2.67. The number of pyridine rings is 1. The lowest BCUT2D eigenvalue weighted by Crippen LogP contribution is -2.42. The van der Waals surface area contributed by atoms with Gasteiger partial charge in [0.15, 0.2) is 0 Å². The van der Waals surface area contributed by atoms with Gasteiger partial charge in [0, 0.05) is 23.5 Å². The molecule has 7 nitrogen and oxygen atoms in total. The molecule has 142 valence electrons. The lowest BCUT2D eigenvalue weighted by molar-refractivity contribution is 0.0809. The van der Waals surface area contributed by atoms with E-state index in [2.05, 4.69) is 15.3 Å². The van der Waals surface area contributed by atoms with E-state index in [1.807, 2.05) is 0 Å². The number of alkyl halides is 1. The summed E-state index contributed by atoms with van der Waals surface area (Å²) in [5.74, 6) is -0.615. The van der Waals surface area contributed by atoms with Crippen LogP contribution in [0.3, 0.4) is 0 Å². The van der Waals surface area contributed by atoms with Gasteiger partial charge in [0.1, 0.15) is 30.5 Å². The topological polar surface area (TPSA) is 98.8 Å². The van der Waals surface area contributed by atoms with Crippen LogP contribution in [0, 0.1) is 5.82 Å². The monoisotopic (exact) mass is 396 g/mol. The first-order valence-electron chi connectivity index (χ1n) is 7.80. The molecule has 0 saturated carbocycles. The molecule has 1 aromatic carbocycles. The van der Waals surface area contributed by atoms with Crippen molar-refractivity contribution in [3.8, 4) is 5.88 Å². The molecule has 0 fully saturated rings. The molecule has 0 aliphatic carbocycles. The van der Waals surface area contributed by atoms with Crippen molar-refractivity contribution in [1.29, 1.82) is 0 Å². The van der Waals surface area contributed by atoms with Gasteiger partial charge in [-0.1, -0.05) is 11.6 Å². The summed E-state index contributed by atoms with van der Waals surface area (Å²) in [6, 6.07) is 6.56. The largest absolute Gasteiger partial charge is 0.418 e. The van der Waals surface area contributed by atoms with Crippen molar-refractivity contribution in [1.82, 2.24) is 4.98 Å². The highest BCUT2D eigenvalue weighted by molar-refractivity contribution is 6.30. The van der Waals surface area contributed by atoms with Crippen LogP contribution in [0.5, 0.6) is 5.88 Å². The number of hydrogen-bond acceptors (Lipinski definition) is 6. The van der Waals surface area contributed by atoms with Crippen LogP contribution in [0.2, 0.25) is 5.02 Å². The minimum absolute atomic E-state index is 0.0255. The van der Waals surface area contributed by atoms with E-state index in [1.54, 1.807) is 0 Å². The Hall–Kier alpha value is -2.78. The number of anilines is 1. The molecule has 3 N–H and O–H groups in total. The van der Waals surface area contributed by atoms with Gasteiger partial charge < -0.3 is 15.2 Å². The molecule has 1 atom stereocenters. The molecule has 3 rings (SSSR count). The lowest BCUT2D eigenvalue weighted by Gasteiger charge is -2.31. The minimum Gasteiger partial charge on any atom is -0.391 e. The molecule has 2 heterocycles. The van der Waals surface area contributed by atoms with Gasteiger partial charge in [-0.25, -0.2) is 18.6 Å². The SMILES string of the molecule is NC1=N[C@](CF)(c2cc(NC(=O)Oc3ccc(Cl)cn3)ccc2F)COC1. The number of nitrogens with two attached hydrogens (primary N) is 1. The predicted octanol–water partition coefficient (Wildman–Crippen LogP) is 3.04. The summed E-state index contributed by atoms with van der Waals surface area (Å²) in [5.41, 5.74) is 4.10. The van der Waals surface area contributed by atoms with Crippen LogP contribution in [0.4, 0.5) is 19.3 Å². The summed E-state index contributed by atoms with van der Waals surface area (Å²) in [4.78, 5) is 19.9. The van der Waals surface area contributed by atoms with Crippen molar-refractivity contribution >= 4 is 29.2 Å². The maximum absolute atomic E-state index is 14.3. The Morgan fingerprint density at radius 3 is 2.89 bits per heavy atom. The summed E-state index contributed by atoms with van der Waals surface area (Å²) in [6.45, 7) is -1.15. The number of carbonyl (C=O) groups is 1. The Labute approximate surface area is 158 Å². The van der Waals surface area contributed by atoms with Gasteiger partial charge >= 0.3 is 6.09 Å². The molecule has 1 amide bonds. The number of hydrogen-bond donors (Lipinski definition) is 2. The number of halogens is 3. The number of benzene rings is 1. The van der Waals surface area contributed by atoms with Crippen LogP contribution in [0.1, 0.15) is 5.56 Å². The second-order valence-electron chi connectivity index (χ2n) is 5.78. The zero-order valence-corrected chi connectivity index (χ0v) is 14.7.